The number of ether oxygens (including phenoxy) is 4. The van der Waals surface area contributed by atoms with Crippen LogP contribution < -0.4 is 29.7 Å². The molecule has 0 atom stereocenters. The Labute approximate surface area is 225 Å². The van der Waals surface area contributed by atoms with E-state index in [1.54, 1.807) is 41.0 Å². The molecule has 1 N–H and O–H groups in total. The van der Waals surface area contributed by atoms with Gasteiger partial charge in [-0.3, -0.25) is 14.4 Å². The number of benzene rings is 3. The summed E-state index contributed by atoms with van der Waals surface area (Å²) < 4.78 is 22.9. The summed E-state index contributed by atoms with van der Waals surface area (Å²) in [6.45, 7) is 1.83. The largest absolute Gasteiger partial charge is 0.497 e. The van der Waals surface area contributed by atoms with E-state index in [0.29, 0.717) is 39.8 Å². The fourth-order valence-electron chi connectivity index (χ4n) is 4.29. The van der Waals surface area contributed by atoms with Gasteiger partial charge in [0.15, 0.2) is 17.3 Å². The molecule has 1 heterocycles. The zero-order valence-corrected chi connectivity index (χ0v) is 22.5. The second kappa shape index (κ2) is 11.7. The molecule has 4 aromatic rings. The van der Waals surface area contributed by atoms with Crippen molar-refractivity contribution in [3.8, 4) is 23.0 Å². The van der Waals surface area contributed by atoms with Gasteiger partial charge >= 0.3 is 0 Å². The minimum absolute atomic E-state index is 0.0604. The van der Waals surface area contributed by atoms with Crippen LogP contribution in [0.4, 0.5) is 5.69 Å². The monoisotopic (exact) mass is 530 g/mol. The van der Waals surface area contributed by atoms with Crippen molar-refractivity contribution in [3.05, 3.63) is 87.7 Å². The number of carbonyl (C=O) groups excluding carboxylic acids is 2. The quantitative estimate of drug-likeness (QED) is 0.302. The number of nitrogens with zero attached hydrogens (tertiary/aromatic N) is 1. The molecule has 202 valence electrons. The summed E-state index contributed by atoms with van der Waals surface area (Å²) in [5, 5.41) is 3.05. The Morgan fingerprint density at radius 1 is 0.821 bits per heavy atom. The van der Waals surface area contributed by atoms with Gasteiger partial charge < -0.3 is 28.8 Å². The molecule has 1 aromatic heterocycles. The van der Waals surface area contributed by atoms with Crippen LogP contribution in [0.2, 0.25) is 0 Å². The number of pyridine rings is 1. The predicted octanol–water partition coefficient (Wildman–Crippen LogP) is 4.47. The summed E-state index contributed by atoms with van der Waals surface area (Å²) in [6.07, 6.45) is 2.24. The molecule has 39 heavy (non-hydrogen) atoms. The fraction of sp³-hybridized carbons (Fsp3) is 0.233. The molecular weight excluding hydrogens is 500 g/mol. The van der Waals surface area contributed by atoms with E-state index in [1.807, 2.05) is 19.1 Å². The maximum absolute atomic E-state index is 13.5. The first-order chi connectivity index (χ1) is 18.8. The molecule has 0 unspecified atom stereocenters. The number of rotatable bonds is 10. The van der Waals surface area contributed by atoms with Gasteiger partial charge in [-0.25, -0.2) is 0 Å². The van der Waals surface area contributed by atoms with Gasteiger partial charge in [-0.15, -0.1) is 0 Å². The van der Waals surface area contributed by atoms with Crippen LogP contribution in [0, 0.1) is 0 Å². The zero-order chi connectivity index (χ0) is 28.1. The lowest BCUT2D eigenvalue weighted by Crippen LogP contribution is -2.24. The molecule has 3 aromatic carbocycles. The predicted molar refractivity (Wildman–Crippen MR) is 149 cm³/mol. The normalized spacial score (nSPS) is 10.7. The number of hydrogen-bond acceptors (Lipinski definition) is 7. The molecule has 4 rings (SSSR count). The lowest BCUT2D eigenvalue weighted by atomic mass is 10.0. The Morgan fingerprint density at radius 3 is 2.00 bits per heavy atom. The van der Waals surface area contributed by atoms with Crippen molar-refractivity contribution < 1.29 is 28.5 Å². The van der Waals surface area contributed by atoms with Gasteiger partial charge in [0.2, 0.25) is 11.3 Å². The van der Waals surface area contributed by atoms with E-state index < -0.39 is 17.1 Å². The maximum atomic E-state index is 13.5. The summed E-state index contributed by atoms with van der Waals surface area (Å²) in [5.74, 6) is 0.903. The average Bonchev–Trinajstić information content (AvgIpc) is 2.97. The molecule has 0 aliphatic rings. The highest BCUT2D eigenvalue weighted by Gasteiger charge is 2.20. The van der Waals surface area contributed by atoms with E-state index >= 15 is 0 Å². The van der Waals surface area contributed by atoms with Gasteiger partial charge in [0.05, 0.1) is 44.9 Å². The molecule has 0 fully saturated rings. The number of aryl methyl sites for hydroxylation is 1. The Morgan fingerprint density at radius 2 is 1.44 bits per heavy atom. The SMILES string of the molecule is CCc1ccc(C(=O)c2cn(CC(=O)Nc3cc(OC)cc(OC)c3)c3cc(OC)c(OC)cc3c2=O)cc1. The van der Waals surface area contributed by atoms with E-state index in [0.717, 1.165) is 12.0 Å². The second-order valence-electron chi connectivity index (χ2n) is 8.75. The molecule has 0 radical (unpaired) electrons. The van der Waals surface area contributed by atoms with Crippen molar-refractivity contribution in [1.29, 1.82) is 0 Å². The lowest BCUT2D eigenvalue weighted by Gasteiger charge is -2.16. The minimum atomic E-state index is -0.468. The molecule has 0 bridgehead atoms. The first-order valence-electron chi connectivity index (χ1n) is 12.3. The average molecular weight is 531 g/mol. The number of amides is 1. The van der Waals surface area contributed by atoms with Gasteiger partial charge in [0.1, 0.15) is 18.0 Å². The van der Waals surface area contributed by atoms with Crippen molar-refractivity contribution >= 4 is 28.3 Å². The van der Waals surface area contributed by atoms with E-state index in [4.69, 9.17) is 18.9 Å². The molecule has 0 spiro atoms. The third-order valence-electron chi connectivity index (χ3n) is 6.40. The topological polar surface area (TPSA) is 105 Å². The smallest absolute Gasteiger partial charge is 0.244 e. The van der Waals surface area contributed by atoms with E-state index in [1.165, 1.54) is 40.7 Å². The zero-order valence-electron chi connectivity index (χ0n) is 22.5. The van der Waals surface area contributed by atoms with Crippen LogP contribution in [0.25, 0.3) is 10.9 Å². The highest BCUT2D eigenvalue weighted by Crippen LogP contribution is 2.32. The van der Waals surface area contributed by atoms with Crippen LogP contribution in [0.15, 0.2) is 65.6 Å². The second-order valence-corrected chi connectivity index (χ2v) is 8.75. The van der Waals surface area contributed by atoms with Gasteiger partial charge in [-0.1, -0.05) is 31.2 Å². The number of anilines is 1. The lowest BCUT2D eigenvalue weighted by molar-refractivity contribution is -0.116. The van der Waals surface area contributed by atoms with E-state index in [2.05, 4.69) is 5.32 Å². The minimum Gasteiger partial charge on any atom is -0.497 e. The third-order valence-corrected chi connectivity index (χ3v) is 6.40. The summed E-state index contributed by atoms with van der Waals surface area (Å²) in [5.41, 5.74) is 1.80. The third kappa shape index (κ3) is 5.72. The van der Waals surface area contributed by atoms with Crippen LogP contribution in [0.5, 0.6) is 23.0 Å². The van der Waals surface area contributed by atoms with Crippen LogP contribution in [-0.2, 0) is 17.8 Å². The van der Waals surface area contributed by atoms with Crippen molar-refractivity contribution in [2.45, 2.75) is 19.9 Å². The number of carbonyl (C=O) groups is 2. The molecule has 0 saturated heterocycles. The maximum Gasteiger partial charge on any atom is 0.244 e. The van der Waals surface area contributed by atoms with Crippen molar-refractivity contribution in [2.75, 3.05) is 33.8 Å². The fourth-order valence-corrected chi connectivity index (χ4v) is 4.29. The summed E-state index contributed by atoms with van der Waals surface area (Å²) in [7, 11) is 5.97. The van der Waals surface area contributed by atoms with Crippen LogP contribution in [0.3, 0.4) is 0 Å². The summed E-state index contributed by atoms with van der Waals surface area (Å²) in [4.78, 5) is 40.2. The molecule has 9 heteroatoms. The van der Waals surface area contributed by atoms with Crippen molar-refractivity contribution in [2.24, 2.45) is 0 Å². The van der Waals surface area contributed by atoms with Crippen LogP contribution in [-0.4, -0.2) is 44.7 Å². The Kier molecular flexibility index (Phi) is 8.19. The van der Waals surface area contributed by atoms with Crippen molar-refractivity contribution in [3.63, 3.8) is 0 Å². The number of hydrogen-bond donors (Lipinski definition) is 1. The standard InChI is InChI=1S/C30H30N2O7/c1-6-18-7-9-19(10-8-18)29(34)24-16-32(25-15-27(39-5)26(38-4)14-23(25)30(24)35)17-28(33)31-20-11-21(36-2)13-22(12-20)37-3/h7-16H,6,17H2,1-5H3,(H,31,33). The first kappa shape index (κ1) is 27.3. The molecule has 0 aliphatic heterocycles. The summed E-state index contributed by atoms with van der Waals surface area (Å²) >= 11 is 0. The molecule has 9 nitrogen and oxygen atoms in total. The summed E-state index contributed by atoms with van der Waals surface area (Å²) in [6, 6.07) is 15.3. The Bertz CT molecular complexity index is 1570. The van der Waals surface area contributed by atoms with Crippen LogP contribution in [0.1, 0.15) is 28.4 Å². The number of ketones is 1. The van der Waals surface area contributed by atoms with E-state index in [-0.39, 0.29) is 17.5 Å². The van der Waals surface area contributed by atoms with Gasteiger partial charge in [-0.2, -0.15) is 0 Å². The molecule has 0 aliphatic carbocycles. The number of aromatic nitrogens is 1. The molecular formula is C30H30N2O7. The molecule has 1 amide bonds. The number of fused-ring (bicyclic) bond motifs is 1. The highest BCUT2D eigenvalue weighted by atomic mass is 16.5. The number of nitrogens with one attached hydrogen (secondary N) is 1. The van der Waals surface area contributed by atoms with Gasteiger partial charge in [0.25, 0.3) is 0 Å². The number of methoxy groups -OCH3 is 4. The molecule has 0 saturated carbocycles. The van der Waals surface area contributed by atoms with Gasteiger partial charge in [0, 0.05) is 41.7 Å². The highest BCUT2D eigenvalue weighted by molar-refractivity contribution is 6.10. The first-order valence-corrected chi connectivity index (χ1v) is 12.3. The Hall–Kier alpha value is -4.79. The van der Waals surface area contributed by atoms with Crippen molar-refractivity contribution in [1.82, 2.24) is 4.57 Å². The van der Waals surface area contributed by atoms with Gasteiger partial charge in [-0.05, 0) is 18.1 Å². The van der Waals surface area contributed by atoms with E-state index in [9.17, 15) is 14.4 Å². The van der Waals surface area contributed by atoms with Crippen LogP contribution >= 0.6 is 0 Å². The Balaban J connectivity index is 1.80.